The molecule has 0 spiro atoms. The number of hydrogen-bond acceptors (Lipinski definition) is 4. The van der Waals surface area contributed by atoms with Crippen molar-refractivity contribution in [3.8, 4) is 0 Å². The van der Waals surface area contributed by atoms with Gasteiger partial charge in [0.15, 0.2) is 0 Å². The number of hydrogen-bond donors (Lipinski definition) is 2. The molecule has 7 heteroatoms. The minimum absolute atomic E-state index is 0.0253. The van der Waals surface area contributed by atoms with Crippen molar-refractivity contribution in [2.75, 3.05) is 13.1 Å². The molecule has 1 aliphatic heterocycles. The van der Waals surface area contributed by atoms with Gasteiger partial charge in [-0.2, -0.15) is 5.10 Å². The third kappa shape index (κ3) is 6.27. The Kier molecular flexibility index (Phi) is 7.10. The van der Waals surface area contributed by atoms with Crippen molar-refractivity contribution in [1.82, 2.24) is 15.6 Å². The molecule has 1 heterocycles. The molecule has 0 saturated heterocycles. The molecule has 7 nitrogen and oxygen atoms in total. The summed E-state index contributed by atoms with van der Waals surface area (Å²) in [5.41, 5.74) is 2.86. The van der Waals surface area contributed by atoms with Gasteiger partial charge in [0.1, 0.15) is 0 Å². The Bertz CT molecular complexity index is 881. The summed E-state index contributed by atoms with van der Waals surface area (Å²) >= 11 is 0. The zero-order valence-corrected chi connectivity index (χ0v) is 16.1. The molecule has 0 fully saturated rings. The molecule has 2 N–H and O–H groups in total. The molecule has 0 aliphatic carbocycles. The van der Waals surface area contributed by atoms with E-state index in [1.54, 1.807) is 0 Å². The molecule has 150 valence electrons. The molecule has 2 aromatic rings. The highest BCUT2D eigenvalue weighted by molar-refractivity contribution is 6.02. The van der Waals surface area contributed by atoms with Gasteiger partial charge in [-0.15, -0.1) is 0 Å². The van der Waals surface area contributed by atoms with Crippen molar-refractivity contribution >= 4 is 23.4 Å². The standard InChI is InChI=1S/C22H24N4O3/c27-20(24-16-21(28)23-15-17-7-3-1-4-8-17)11-12-22(29)26-14-13-19(25-26)18-9-5-2-6-10-18/h1-10H,11-16H2,(H,23,28)(H,24,27). The second-order valence-corrected chi connectivity index (χ2v) is 6.72. The maximum atomic E-state index is 12.3. The predicted molar refractivity (Wildman–Crippen MR) is 110 cm³/mol. The summed E-state index contributed by atoms with van der Waals surface area (Å²) in [6.45, 7) is 0.817. The van der Waals surface area contributed by atoms with Gasteiger partial charge in [0.2, 0.25) is 17.7 Å². The first-order valence-corrected chi connectivity index (χ1v) is 9.62. The average molecular weight is 392 g/mol. The van der Waals surface area contributed by atoms with Gasteiger partial charge in [-0.1, -0.05) is 60.7 Å². The number of hydrazone groups is 1. The van der Waals surface area contributed by atoms with Crippen LogP contribution in [0.3, 0.4) is 0 Å². The minimum atomic E-state index is -0.334. The molecule has 1 aliphatic rings. The highest BCUT2D eigenvalue weighted by Crippen LogP contribution is 2.14. The summed E-state index contributed by atoms with van der Waals surface area (Å²) in [6, 6.07) is 19.2. The molecule has 0 aromatic heterocycles. The lowest BCUT2D eigenvalue weighted by Gasteiger charge is -2.11. The third-order valence-corrected chi connectivity index (χ3v) is 4.54. The number of nitrogens with one attached hydrogen (secondary N) is 2. The van der Waals surface area contributed by atoms with E-state index in [1.807, 2.05) is 60.7 Å². The van der Waals surface area contributed by atoms with Crippen LogP contribution < -0.4 is 10.6 Å². The average Bonchev–Trinajstić information content (AvgIpc) is 3.26. The Balaban J connectivity index is 1.35. The van der Waals surface area contributed by atoms with Gasteiger partial charge in [-0.25, -0.2) is 5.01 Å². The number of nitrogens with zero attached hydrogens (tertiary/aromatic N) is 2. The van der Waals surface area contributed by atoms with Crippen molar-refractivity contribution in [1.29, 1.82) is 0 Å². The van der Waals surface area contributed by atoms with Crippen LogP contribution in [0.25, 0.3) is 0 Å². The van der Waals surface area contributed by atoms with E-state index in [-0.39, 0.29) is 37.1 Å². The van der Waals surface area contributed by atoms with Gasteiger partial charge >= 0.3 is 0 Å². The maximum absolute atomic E-state index is 12.3. The van der Waals surface area contributed by atoms with Crippen molar-refractivity contribution in [3.63, 3.8) is 0 Å². The Morgan fingerprint density at radius 3 is 2.28 bits per heavy atom. The zero-order chi connectivity index (χ0) is 20.5. The fourth-order valence-electron chi connectivity index (χ4n) is 2.95. The predicted octanol–water partition coefficient (Wildman–Crippen LogP) is 1.84. The van der Waals surface area contributed by atoms with Gasteiger partial charge in [0, 0.05) is 25.8 Å². The minimum Gasteiger partial charge on any atom is -0.350 e. The van der Waals surface area contributed by atoms with Gasteiger partial charge in [-0.05, 0) is 11.1 Å². The van der Waals surface area contributed by atoms with Crippen LogP contribution in [-0.2, 0) is 20.9 Å². The summed E-state index contributed by atoms with van der Waals surface area (Å²) in [7, 11) is 0. The highest BCUT2D eigenvalue weighted by Gasteiger charge is 2.21. The summed E-state index contributed by atoms with van der Waals surface area (Å²) < 4.78 is 0. The van der Waals surface area contributed by atoms with Crippen LogP contribution in [0.1, 0.15) is 30.4 Å². The number of carbonyl (C=O) groups excluding carboxylic acids is 3. The van der Waals surface area contributed by atoms with Crippen LogP contribution in [0.4, 0.5) is 0 Å². The fourth-order valence-corrected chi connectivity index (χ4v) is 2.95. The first-order chi connectivity index (χ1) is 14.1. The Labute approximate surface area is 169 Å². The quantitative estimate of drug-likeness (QED) is 0.718. The Morgan fingerprint density at radius 2 is 1.55 bits per heavy atom. The first-order valence-electron chi connectivity index (χ1n) is 9.62. The van der Waals surface area contributed by atoms with E-state index in [1.165, 1.54) is 5.01 Å². The van der Waals surface area contributed by atoms with E-state index in [0.29, 0.717) is 19.5 Å². The smallest absolute Gasteiger partial charge is 0.243 e. The molecule has 0 atom stereocenters. The first kappa shape index (κ1) is 20.3. The van der Waals surface area contributed by atoms with E-state index in [4.69, 9.17) is 0 Å². The van der Waals surface area contributed by atoms with Crippen LogP contribution in [0.2, 0.25) is 0 Å². The molecule has 3 rings (SSSR count). The number of carbonyl (C=O) groups is 3. The van der Waals surface area contributed by atoms with Crippen LogP contribution in [-0.4, -0.2) is 41.5 Å². The number of rotatable bonds is 8. The summed E-state index contributed by atoms with van der Waals surface area (Å²) in [6.07, 6.45) is 0.782. The Morgan fingerprint density at radius 1 is 0.862 bits per heavy atom. The van der Waals surface area contributed by atoms with Gasteiger partial charge in [0.25, 0.3) is 0 Å². The van der Waals surface area contributed by atoms with Crippen LogP contribution >= 0.6 is 0 Å². The van der Waals surface area contributed by atoms with Crippen LogP contribution in [0.5, 0.6) is 0 Å². The van der Waals surface area contributed by atoms with E-state index in [9.17, 15) is 14.4 Å². The van der Waals surface area contributed by atoms with Crippen LogP contribution in [0.15, 0.2) is 65.8 Å². The molecule has 2 aromatic carbocycles. The molecule has 0 bridgehead atoms. The van der Waals surface area contributed by atoms with Crippen LogP contribution in [0, 0.1) is 0 Å². The lowest BCUT2D eigenvalue weighted by molar-refractivity contribution is -0.133. The SMILES string of the molecule is O=C(CCC(=O)N1CCC(c2ccccc2)=N1)NCC(=O)NCc1ccccc1. The molecule has 0 radical (unpaired) electrons. The van der Waals surface area contributed by atoms with Crippen molar-refractivity contribution < 1.29 is 14.4 Å². The highest BCUT2D eigenvalue weighted by atomic mass is 16.2. The maximum Gasteiger partial charge on any atom is 0.243 e. The topological polar surface area (TPSA) is 90.9 Å². The molecular weight excluding hydrogens is 368 g/mol. The molecule has 3 amide bonds. The number of benzene rings is 2. The second kappa shape index (κ2) is 10.2. The third-order valence-electron chi connectivity index (χ3n) is 4.54. The fraction of sp³-hybridized carbons (Fsp3) is 0.273. The largest absolute Gasteiger partial charge is 0.350 e. The number of amides is 3. The zero-order valence-electron chi connectivity index (χ0n) is 16.1. The van der Waals surface area contributed by atoms with Crippen molar-refractivity contribution in [2.45, 2.75) is 25.8 Å². The normalized spacial score (nSPS) is 13.0. The molecular formula is C22H24N4O3. The Hall–Kier alpha value is -3.48. The van der Waals surface area contributed by atoms with E-state index in [2.05, 4.69) is 15.7 Å². The lowest BCUT2D eigenvalue weighted by Crippen LogP contribution is -2.37. The van der Waals surface area contributed by atoms with Gasteiger partial charge in [0.05, 0.1) is 18.8 Å². The summed E-state index contributed by atoms with van der Waals surface area (Å²) in [5, 5.41) is 11.1. The monoisotopic (exact) mass is 392 g/mol. The molecule has 0 saturated carbocycles. The van der Waals surface area contributed by atoms with Gasteiger partial charge in [-0.3, -0.25) is 14.4 Å². The second-order valence-electron chi connectivity index (χ2n) is 6.72. The van der Waals surface area contributed by atoms with E-state index >= 15 is 0 Å². The summed E-state index contributed by atoms with van der Waals surface area (Å²) in [4.78, 5) is 36.0. The van der Waals surface area contributed by atoms with Crippen molar-refractivity contribution in [3.05, 3.63) is 71.8 Å². The lowest BCUT2D eigenvalue weighted by atomic mass is 10.1. The van der Waals surface area contributed by atoms with E-state index < -0.39 is 0 Å². The summed E-state index contributed by atoms with van der Waals surface area (Å²) in [5.74, 6) is -0.801. The van der Waals surface area contributed by atoms with E-state index in [0.717, 1.165) is 16.8 Å². The molecule has 29 heavy (non-hydrogen) atoms. The van der Waals surface area contributed by atoms with Gasteiger partial charge < -0.3 is 10.6 Å². The van der Waals surface area contributed by atoms with Crippen molar-refractivity contribution in [2.24, 2.45) is 5.10 Å². The molecule has 0 unspecified atom stereocenters.